The molecule has 0 radical (unpaired) electrons. The summed E-state index contributed by atoms with van der Waals surface area (Å²) < 4.78 is 7.08. The molecule has 1 aromatic rings. The molecule has 0 saturated carbocycles. The molecule has 0 aliphatic carbocycles. The number of anilines is 1. The van der Waals surface area contributed by atoms with Crippen LogP contribution in [0.3, 0.4) is 0 Å². The Morgan fingerprint density at radius 1 is 1.70 bits per heavy atom. The Labute approximate surface area is 136 Å². The molecule has 1 aliphatic rings. The number of ether oxygens (including phenoxy) is 1. The molecule has 1 aromatic heterocycles. The highest BCUT2D eigenvalue weighted by Crippen LogP contribution is 2.32. The van der Waals surface area contributed by atoms with Crippen molar-refractivity contribution in [1.29, 1.82) is 0 Å². The van der Waals surface area contributed by atoms with E-state index in [1.165, 1.54) is 0 Å². The van der Waals surface area contributed by atoms with Crippen LogP contribution in [0.25, 0.3) is 0 Å². The molecule has 7 nitrogen and oxygen atoms in total. The molecule has 0 aromatic carbocycles. The summed E-state index contributed by atoms with van der Waals surface area (Å²) in [4.78, 5) is 14.0. The Kier molecular flexibility index (Phi) is 5.42. The zero-order valence-electron chi connectivity index (χ0n) is 13.6. The van der Waals surface area contributed by atoms with Gasteiger partial charge in [0.15, 0.2) is 0 Å². The normalized spacial score (nSPS) is 21.1. The van der Waals surface area contributed by atoms with Crippen LogP contribution in [0.2, 0.25) is 0 Å². The smallest absolute Gasteiger partial charge is 0.255 e. The number of carbonyl (C=O) groups excluding carboxylic acids is 1. The number of nitrogens with zero attached hydrogens (tertiary/aromatic N) is 3. The van der Waals surface area contributed by atoms with Gasteiger partial charge in [0.05, 0.1) is 12.6 Å². The fraction of sp³-hybridized carbons (Fsp3) is 0.500. The molecule has 0 bridgehead atoms. The molecule has 0 spiro atoms. The number of hydrogen-bond donors (Lipinski definition) is 2. The van der Waals surface area contributed by atoms with Gasteiger partial charge >= 0.3 is 0 Å². The highest BCUT2D eigenvalue weighted by atomic mass is 16.5. The van der Waals surface area contributed by atoms with Gasteiger partial charge in [-0.25, -0.2) is 4.68 Å². The molecular weight excluding hydrogens is 294 g/mol. The van der Waals surface area contributed by atoms with Crippen LogP contribution in [0.15, 0.2) is 12.7 Å². The molecule has 2 rings (SSSR count). The Morgan fingerprint density at radius 2 is 2.43 bits per heavy atom. The first-order chi connectivity index (χ1) is 11.1. The minimum atomic E-state index is -0.581. The summed E-state index contributed by atoms with van der Waals surface area (Å²) in [6.07, 6.45) is 8.19. The van der Waals surface area contributed by atoms with E-state index < -0.39 is 5.91 Å². The van der Waals surface area contributed by atoms with Gasteiger partial charge in [0, 0.05) is 33.3 Å². The van der Waals surface area contributed by atoms with E-state index in [4.69, 9.17) is 16.9 Å². The summed E-state index contributed by atoms with van der Waals surface area (Å²) >= 11 is 0. The monoisotopic (exact) mass is 317 g/mol. The summed E-state index contributed by atoms with van der Waals surface area (Å²) in [5.41, 5.74) is 5.99. The van der Waals surface area contributed by atoms with E-state index in [1.54, 1.807) is 18.8 Å². The van der Waals surface area contributed by atoms with Crippen LogP contribution in [-0.4, -0.2) is 60.5 Å². The molecule has 2 heterocycles. The van der Waals surface area contributed by atoms with Crippen molar-refractivity contribution in [2.24, 2.45) is 5.73 Å². The van der Waals surface area contributed by atoms with Crippen LogP contribution in [0, 0.1) is 12.3 Å². The minimum Gasteiger partial charge on any atom is -0.383 e. The van der Waals surface area contributed by atoms with Crippen molar-refractivity contribution < 1.29 is 9.53 Å². The largest absolute Gasteiger partial charge is 0.383 e. The molecule has 1 amide bonds. The zero-order valence-corrected chi connectivity index (χ0v) is 13.6. The SMILES string of the molecule is C#Cc1nn([C@H]2C[C@H](COC)N(CC=C)C2)c(NC)c1C(N)=O. The number of rotatable bonds is 7. The van der Waals surface area contributed by atoms with E-state index in [-0.39, 0.29) is 23.3 Å². The predicted molar refractivity (Wildman–Crippen MR) is 89.3 cm³/mol. The molecule has 7 heteroatoms. The fourth-order valence-corrected chi connectivity index (χ4v) is 3.16. The topological polar surface area (TPSA) is 85.4 Å². The highest BCUT2D eigenvalue weighted by Gasteiger charge is 2.35. The lowest BCUT2D eigenvalue weighted by molar-refractivity contribution is 0.100. The molecule has 0 unspecified atom stereocenters. The van der Waals surface area contributed by atoms with Gasteiger partial charge in [-0.3, -0.25) is 9.69 Å². The Morgan fingerprint density at radius 3 is 2.96 bits per heavy atom. The lowest BCUT2D eigenvalue weighted by Crippen LogP contribution is -2.33. The average molecular weight is 317 g/mol. The minimum absolute atomic E-state index is 0.0812. The first kappa shape index (κ1) is 17.1. The zero-order chi connectivity index (χ0) is 17.0. The number of aromatic nitrogens is 2. The summed E-state index contributed by atoms with van der Waals surface area (Å²) in [7, 11) is 3.41. The van der Waals surface area contributed by atoms with Crippen LogP contribution in [-0.2, 0) is 4.74 Å². The van der Waals surface area contributed by atoms with Gasteiger partial charge in [0.1, 0.15) is 17.1 Å². The summed E-state index contributed by atoms with van der Waals surface area (Å²) in [5.74, 6) is 2.42. The second-order valence-electron chi connectivity index (χ2n) is 5.52. The van der Waals surface area contributed by atoms with Crippen molar-refractivity contribution in [2.75, 3.05) is 39.2 Å². The molecule has 3 N–H and O–H groups in total. The van der Waals surface area contributed by atoms with Crippen molar-refractivity contribution in [3.05, 3.63) is 23.9 Å². The van der Waals surface area contributed by atoms with Gasteiger partial charge < -0.3 is 15.8 Å². The number of primary amides is 1. The first-order valence-electron chi connectivity index (χ1n) is 7.47. The summed E-state index contributed by atoms with van der Waals surface area (Å²) in [5, 5.41) is 7.42. The standard InChI is InChI=1S/C16H23N5O2/c1-5-7-20-9-11(8-12(20)10-23-4)21-16(18-3)14(15(17)22)13(6-2)19-21/h2,5,11-12,18H,1,7-10H2,3-4H3,(H2,17,22)/t11-,12+/m0/s1. The third-order valence-corrected chi connectivity index (χ3v) is 4.10. The first-order valence-corrected chi connectivity index (χ1v) is 7.47. The lowest BCUT2D eigenvalue weighted by atomic mass is 10.1. The van der Waals surface area contributed by atoms with E-state index >= 15 is 0 Å². The second kappa shape index (κ2) is 7.31. The van der Waals surface area contributed by atoms with Crippen LogP contribution in [0.5, 0.6) is 0 Å². The van der Waals surface area contributed by atoms with Crippen molar-refractivity contribution in [2.45, 2.75) is 18.5 Å². The van der Waals surface area contributed by atoms with Crippen LogP contribution >= 0.6 is 0 Å². The van der Waals surface area contributed by atoms with Gasteiger partial charge in [-0.15, -0.1) is 13.0 Å². The predicted octanol–water partition coefficient (Wildman–Crippen LogP) is 0.453. The maximum absolute atomic E-state index is 11.7. The molecule has 1 aliphatic heterocycles. The van der Waals surface area contributed by atoms with Gasteiger partial charge in [0.25, 0.3) is 5.91 Å². The molecule has 1 saturated heterocycles. The third kappa shape index (κ3) is 3.23. The van der Waals surface area contributed by atoms with Crippen molar-refractivity contribution in [1.82, 2.24) is 14.7 Å². The average Bonchev–Trinajstić information content (AvgIpc) is 3.09. The second-order valence-corrected chi connectivity index (χ2v) is 5.52. The number of carbonyl (C=O) groups is 1. The van der Waals surface area contributed by atoms with Crippen LogP contribution in [0.4, 0.5) is 5.82 Å². The van der Waals surface area contributed by atoms with Crippen LogP contribution < -0.4 is 11.1 Å². The van der Waals surface area contributed by atoms with Crippen molar-refractivity contribution >= 4 is 11.7 Å². The van der Waals surface area contributed by atoms with Crippen LogP contribution in [0.1, 0.15) is 28.5 Å². The van der Waals surface area contributed by atoms with E-state index in [9.17, 15) is 4.79 Å². The Balaban J connectivity index is 2.37. The number of methoxy groups -OCH3 is 1. The van der Waals surface area contributed by atoms with Gasteiger partial charge in [-0.1, -0.05) is 6.08 Å². The molecule has 23 heavy (non-hydrogen) atoms. The quantitative estimate of drug-likeness (QED) is 0.563. The molecule has 1 fully saturated rings. The Bertz CT molecular complexity index is 631. The summed E-state index contributed by atoms with van der Waals surface area (Å²) in [6, 6.07) is 0.348. The Hall–Kier alpha value is -2.30. The van der Waals surface area contributed by atoms with Gasteiger partial charge in [-0.2, -0.15) is 5.10 Å². The molecule has 124 valence electrons. The molecular formula is C16H23N5O2. The van der Waals surface area contributed by atoms with Gasteiger partial charge in [0.2, 0.25) is 0 Å². The van der Waals surface area contributed by atoms with E-state index in [0.29, 0.717) is 12.4 Å². The molecule has 2 atom stereocenters. The van der Waals surface area contributed by atoms with Gasteiger partial charge in [-0.05, 0) is 12.3 Å². The highest BCUT2D eigenvalue weighted by molar-refractivity contribution is 6.00. The van der Waals surface area contributed by atoms with E-state index in [1.807, 2.05) is 6.08 Å². The maximum Gasteiger partial charge on any atom is 0.255 e. The maximum atomic E-state index is 11.7. The third-order valence-electron chi connectivity index (χ3n) is 4.10. The number of terminal acetylenes is 1. The van der Waals surface area contributed by atoms with Crippen molar-refractivity contribution in [3.63, 3.8) is 0 Å². The number of likely N-dealkylation sites (tertiary alicyclic amines) is 1. The number of amides is 1. The number of hydrogen-bond acceptors (Lipinski definition) is 5. The fourth-order valence-electron chi connectivity index (χ4n) is 3.16. The summed E-state index contributed by atoms with van der Waals surface area (Å²) in [6.45, 7) is 5.98. The lowest BCUT2D eigenvalue weighted by Gasteiger charge is -2.21. The number of nitrogens with two attached hydrogens (primary N) is 1. The van der Waals surface area contributed by atoms with E-state index in [0.717, 1.165) is 19.5 Å². The number of nitrogens with one attached hydrogen (secondary N) is 1. The van der Waals surface area contributed by atoms with E-state index in [2.05, 4.69) is 27.8 Å². The van der Waals surface area contributed by atoms with Crippen molar-refractivity contribution in [3.8, 4) is 12.3 Å².